The number of alkyl halides is 3. The van der Waals surface area contributed by atoms with Crippen molar-refractivity contribution in [2.45, 2.75) is 64.1 Å². The van der Waals surface area contributed by atoms with Gasteiger partial charge >= 0.3 is 6.18 Å². The SMILES string of the molecule is C=Nc1cc(-c2cccc(C(C)(C)C(F)(F)F)c2)nn1C(=C)NC1C[C@]12CCC(C)(COS(=C)(N)=O)C2. The summed E-state index contributed by atoms with van der Waals surface area (Å²) in [4.78, 5) is 4.04. The molecule has 1 spiro atoms. The first kappa shape index (κ1) is 27.4. The molecule has 0 aliphatic heterocycles. The van der Waals surface area contributed by atoms with Gasteiger partial charge in [-0.05, 0) is 74.6 Å². The quantitative estimate of drug-likeness (QED) is 0.339. The maximum absolute atomic E-state index is 13.6. The number of nitrogens with one attached hydrogen (secondary N) is 1. The van der Waals surface area contributed by atoms with Crippen molar-refractivity contribution in [3.63, 3.8) is 0 Å². The summed E-state index contributed by atoms with van der Waals surface area (Å²) in [7, 11) is -3.00. The molecule has 4 rings (SSSR count). The highest BCUT2D eigenvalue weighted by atomic mass is 32.2. The molecule has 2 fully saturated rings. The van der Waals surface area contributed by atoms with Crippen LogP contribution in [0.5, 0.6) is 0 Å². The van der Waals surface area contributed by atoms with E-state index in [9.17, 15) is 17.4 Å². The molecule has 3 N–H and O–H groups in total. The van der Waals surface area contributed by atoms with Gasteiger partial charge in [0.2, 0.25) is 0 Å². The van der Waals surface area contributed by atoms with E-state index in [4.69, 9.17) is 9.32 Å². The van der Waals surface area contributed by atoms with Crippen molar-refractivity contribution in [2.75, 3.05) is 6.61 Å². The van der Waals surface area contributed by atoms with E-state index in [0.717, 1.165) is 39.5 Å². The molecule has 2 saturated carbocycles. The van der Waals surface area contributed by atoms with E-state index in [1.165, 1.54) is 16.8 Å². The first-order valence-electron chi connectivity index (χ1n) is 12.0. The third-order valence-corrected chi connectivity index (χ3v) is 8.36. The largest absolute Gasteiger partial charge is 0.397 e. The molecule has 37 heavy (non-hydrogen) atoms. The standard InChI is InChI=1S/C26H34F3N5O2S/c1-17(32-21-14-25(21)11-10-24(4,15-25)16-36-37(6,30)35)34-22(31-5)13-20(33-34)18-8-7-9-19(12-18)23(2,3)26(27,28)29/h7-9,12-13,21,32H,1,5-6,10-11,14-16H2,2-4H3,(H2,30,35)/t21?,24?,25-,37?/m0/s1. The molecule has 2 aromatic rings. The average Bonchev–Trinajstić information content (AvgIpc) is 3.14. The van der Waals surface area contributed by atoms with Crippen LogP contribution in [0.2, 0.25) is 0 Å². The topological polar surface area (TPSA) is 94.5 Å². The molecule has 0 amide bonds. The van der Waals surface area contributed by atoms with Gasteiger partial charge in [0.15, 0.2) is 5.82 Å². The van der Waals surface area contributed by atoms with Crippen LogP contribution in [0.25, 0.3) is 17.1 Å². The maximum Gasteiger partial charge on any atom is 0.397 e. The predicted octanol–water partition coefficient (Wildman–Crippen LogP) is 5.21. The van der Waals surface area contributed by atoms with Crippen LogP contribution < -0.4 is 10.5 Å². The minimum Gasteiger partial charge on any atom is -0.367 e. The lowest BCUT2D eigenvalue weighted by molar-refractivity contribution is -0.180. The summed E-state index contributed by atoms with van der Waals surface area (Å²) in [6.45, 7) is 12.5. The van der Waals surface area contributed by atoms with E-state index in [-0.39, 0.29) is 22.4 Å². The van der Waals surface area contributed by atoms with Gasteiger partial charge in [0.1, 0.15) is 15.8 Å². The summed E-state index contributed by atoms with van der Waals surface area (Å²) in [6.07, 6.45) is -0.651. The summed E-state index contributed by atoms with van der Waals surface area (Å²) in [6, 6.07) is 8.13. The van der Waals surface area contributed by atoms with E-state index in [0.29, 0.717) is 29.5 Å². The highest BCUT2D eigenvalue weighted by Crippen LogP contribution is 2.63. The molecule has 1 aromatic carbocycles. The minimum absolute atomic E-state index is 0.0763. The minimum atomic E-state index is -4.39. The lowest BCUT2D eigenvalue weighted by Crippen LogP contribution is -2.36. The number of aliphatic imine (C=N–C) groups is 1. The third-order valence-electron chi connectivity index (χ3n) is 7.84. The van der Waals surface area contributed by atoms with Gasteiger partial charge in [-0.3, -0.25) is 4.18 Å². The normalized spacial score (nSPS) is 27.2. The second-order valence-corrected chi connectivity index (χ2v) is 12.8. The number of benzene rings is 1. The fourth-order valence-electron chi connectivity index (χ4n) is 5.28. The Balaban J connectivity index is 1.49. The van der Waals surface area contributed by atoms with Gasteiger partial charge in [-0.15, -0.1) is 0 Å². The van der Waals surface area contributed by atoms with Crippen LogP contribution in [0.4, 0.5) is 19.0 Å². The zero-order chi connectivity index (χ0) is 27.4. The van der Waals surface area contributed by atoms with Crippen molar-refractivity contribution in [2.24, 2.45) is 21.0 Å². The van der Waals surface area contributed by atoms with E-state index < -0.39 is 21.6 Å². The van der Waals surface area contributed by atoms with Gasteiger partial charge in [-0.2, -0.15) is 23.0 Å². The number of halogens is 3. The number of nitrogens with two attached hydrogens (primary N) is 1. The Morgan fingerprint density at radius 1 is 1.35 bits per heavy atom. The van der Waals surface area contributed by atoms with Crippen molar-refractivity contribution in [1.82, 2.24) is 15.1 Å². The van der Waals surface area contributed by atoms with Gasteiger partial charge in [-0.1, -0.05) is 31.7 Å². The van der Waals surface area contributed by atoms with Crippen LogP contribution >= 0.6 is 0 Å². The Bertz CT molecular complexity index is 1330. The Morgan fingerprint density at radius 3 is 2.68 bits per heavy atom. The van der Waals surface area contributed by atoms with Crippen molar-refractivity contribution in [3.05, 3.63) is 42.5 Å². The molecule has 1 aromatic heterocycles. The fraction of sp³-hybridized carbons (Fsp3) is 0.500. The first-order valence-corrected chi connectivity index (χ1v) is 13.7. The number of nitrogens with zero attached hydrogens (tertiary/aromatic N) is 3. The smallest absolute Gasteiger partial charge is 0.367 e. The van der Waals surface area contributed by atoms with Crippen LogP contribution in [0.1, 0.15) is 52.0 Å². The average molecular weight is 538 g/mol. The fourth-order valence-corrected chi connectivity index (χ4v) is 5.77. The van der Waals surface area contributed by atoms with Gasteiger partial charge in [0.25, 0.3) is 0 Å². The zero-order valence-corrected chi connectivity index (χ0v) is 22.2. The van der Waals surface area contributed by atoms with E-state index in [1.54, 1.807) is 18.2 Å². The molecule has 0 bridgehead atoms. The van der Waals surface area contributed by atoms with E-state index >= 15 is 0 Å². The molecule has 202 valence electrons. The molecule has 0 saturated heterocycles. The van der Waals surface area contributed by atoms with Gasteiger partial charge in [0, 0.05) is 17.7 Å². The molecule has 1 heterocycles. The van der Waals surface area contributed by atoms with Crippen LogP contribution in [-0.2, 0) is 19.6 Å². The molecule has 2 aliphatic rings. The summed E-state index contributed by atoms with van der Waals surface area (Å²) < 4.78 is 59.2. The van der Waals surface area contributed by atoms with Crippen molar-refractivity contribution in [1.29, 1.82) is 0 Å². The van der Waals surface area contributed by atoms with E-state index in [1.807, 2.05) is 0 Å². The van der Waals surface area contributed by atoms with Crippen molar-refractivity contribution in [3.8, 4) is 11.3 Å². The molecule has 7 nitrogen and oxygen atoms in total. The van der Waals surface area contributed by atoms with Crippen LogP contribution in [0.3, 0.4) is 0 Å². The summed E-state index contributed by atoms with van der Waals surface area (Å²) in [5, 5.41) is 13.5. The Morgan fingerprint density at radius 2 is 2.05 bits per heavy atom. The third kappa shape index (κ3) is 5.49. The van der Waals surface area contributed by atoms with Gasteiger partial charge in [0.05, 0.1) is 17.7 Å². The van der Waals surface area contributed by atoms with E-state index in [2.05, 4.69) is 41.5 Å². The summed E-state index contributed by atoms with van der Waals surface area (Å²) >= 11 is 0. The molecular weight excluding hydrogens is 503 g/mol. The second-order valence-electron chi connectivity index (χ2n) is 11.3. The molecule has 2 aliphatic carbocycles. The molecule has 11 heteroatoms. The highest BCUT2D eigenvalue weighted by molar-refractivity contribution is 7.93. The number of rotatable bonds is 9. The Kier molecular flexibility index (Phi) is 6.66. The molecule has 3 unspecified atom stereocenters. The number of aromatic nitrogens is 2. The lowest BCUT2D eigenvalue weighted by Gasteiger charge is -2.28. The number of hydrogen-bond acceptors (Lipinski definition) is 5. The van der Waals surface area contributed by atoms with Crippen molar-refractivity contribution < 1.29 is 21.6 Å². The second kappa shape index (κ2) is 8.99. The van der Waals surface area contributed by atoms with Crippen LogP contribution in [0, 0.1) is 10.8 Å². The summed E-state index contributed by atoms with van der Waals surface area (Å²) in [5.41, 5.74) is -0.907. The molecule has 4 atom stereocenters. The monoisotopic (exact) mass is 537 g/mol. The maximum atomic E-state index is 13.6. The molecular formula is C26H34F3N5O2S. The highest BCUT2D eigenvalue weighted by Gasteiger charge is 2.61. The molecule has 0 radical (unpaired) electrons. The van der Waals surface area contributed by atoms with Gasteiger partial charge < -0.3 is 5.32 Å². The van der Waals surface area contributed by atoms with Crippen LogP contribution in [-0.4, -0.2) is 45.4 Å². The Hall–Kier alpha value is -2.63. The van der Waals surface area contributed by atoms with Crippen molar-refractivity contribution >= 4 is 34.2 Å². The zero-order valence-electron chi connectivity index (χ0n) is 21.4. The number of hydrogen-bond donors (Lipinski definition) is 2. The Labute approximate surface area is 216 Å². The summed E-state index contributed by atoms with van der Waals surface area (Å²) in [5.74, 6) is 4.30. The lowest BCUT2D eigenvalue weighted by atomic mass is 9.83. The first-order chi connectivity index (χ1) is 17.0. The van der Waals surface area contributed by atoms with Crippen LogP contribution in [0.15, 0.2) is 41.9 Å². The van der Waals surface area contributed by atoms with Gasteiger partial charge in [-0.25, -0.2) is 14.3 Å². The predicted molar refractivity (Wildman–Crippen MR) is 143 cm³/mol.